The number of sulfonamides is 1. The van der Waals surface area contributed by atoms with Crippen molar-refractivity contribution >= 4 is 34.0 Å². The smallest absolute Gasteiger partial charge is 0.335 e. The largest absolute Gasteiger partial charge is 0.479 e. The number of benzene rings is 1. The topological polar surface area (TPSA) is 237 Å². The molecule has 6 N–H and O–H groups in total. The summed E-state index contributed by atoms with van der Waals surface area (Å²) in [6.45, 7) is 3.60. The molecule has 7 atom stereocenters. The molecule has 0 radical (unpaired) electrons. The van der Waals surface area contributed by atoms with Gasteiger partial charge in [-0.3, -0.25) is 4.79 Å². The lowest BCUT2D eigenvalue weighted by Crippen LogP contribution is -2.60. The minimum absolute atomic E-state index is 0.129. The molecule has 1 saturated heterocycles. The number of aliphatic hydroxyl groups excluding tert-OH is 5. The molecule has 0 amide bonds. The van der Waals surface area contributed by atoms with Crippen molar-refractivity contribution in [2.24, 2.45) is 0 Å². The number of esters is 1. The number of carboxylic acid groups (broad SMARTS) is 1. The second-order valence-electron chi connectivity index (χ2n) is 10.8. The van der Waals surface area contributed by atoms with Gasteiger partial charge in [-0.25, -0.2) is 31.9 Å². The number of aromatic nitrogens is 2. The quantitative estimate of drug-likeness (QED) is 0.162. The fraction of sp³-hybridized carbons (Fsp3) is 0.500. The molecule has 1 aliphatic heterocycles. The minimum Gasteiger partial charge on any atom is -0.479 e. The Morgan fingerprint density at radius 3 is 2.27 bits per heavy atom. The van der Waals surface area contributed by atoms with Crippen LogP contribution in [0.25, 0.3) is 17.3 Å². The summed E-state index contributed by atoms with van der Waals surface area (Å²) in [5, 5.41) is 59.7. The molecule has 248 valence electrons. The van der Waals surface area contributed by atoms with Crippen LogP contribution >= 0.6 is 0 Å². The molecular formula is C28H36FN3O12S. The predicted octanol–water partition coefficient (Wildman–Crippen LogP) is -0.247. The molecule has 17 heteroatoms. The maximum atomic E-state index is 13.7. The Bertz CT molecular complexity index is 1500. The number of carboxylic acids is 1. The van der Waals surface area contributed by atoms with Crippen molar-refractivity contribution in [3.63, 3.8) is 0 Å². The molecule has 45 heavy (non-hydrogen) atoms. The Labute approximate surface area is 258 Å². The molecule has 3 rings (SSSR count). The highest BCUT2D eigenvalue weighted by molar-refractivity contribution is 7.92. The van der Waals surface area contributed by atoms with Crippen LogP contribution in [-0.2, 0) is 29.1 Å². The normalized spacial score (nSPS) is 23.6. The Hall–Kier alpha value is -3.58. The Kier molecular flexibility index (Phi) is 11.7. The van der Waals surface area contributed by atoms with Gasteiger partial charge in [0.1, 0.15) is 24.1 Å². The van der Waals surface area contributed by atoms with Crippen LogP contribution < -0.4 is 4.31 Å². The fourth-order valence-corrected chi connectivity index (χ4v) is 4.74. The number of carbonyl (C=O) groups excluding carboxylic acids is 1. The molecule has 0 bridgehead atoms. The summed E-state index contributed by atoms with van der Waals surface area (Å²) >= 11 is 0. The summed E-state index contributed by atoms with van der Waals surface area (Å²) in [6, 6.07) is 5.29. The first-order chi connectivity index (χ1) is 20.9. The highest BCUT2D eigenvalue weighted by Crippen LogP contribution is 2.32. The summed E-state index contributed by atoms with van der Waals surface area (Å²) < 4.78 is 48.7. The van der Waals surface area contributed by atoms with E-state index in [2.05, 4.69) is 9.97 Å². The summed E-state index contributed by atoms with van der Waals surface area (Å²) in [6.07, 6.45) is -10.1. The third-order valence-electron chi connectivity index (χ3n) is 6.87. The molecule has 2 unspecified atom stereocenters. The number of rotatable bonds is 12. The second-order valence-corrected chi connectivity index (χ2v) is 12.8. The van der Waals surface area contributed by atoms with Gasteiger partial charge < -0.3 is 40.1 Å². The van der Waals surface area contributed by atoms with Crippen molar-refractivity contribution in [1.82, 2.24) is 9.97 Å². The van der Waals surface area contributed by atoms with E-state index in [4.69, 9.17) is 14.6 Å². The zero-order chi connectivity index (χ0) is 33.8. The van der Waals surface area contributed by atoms with E-state index in [-0.39, 0.29) is 17.6 Å². The van der Waals surface area contributed by atoms with Crippen molar-refractivity contribution in [3.05, 3.63) is 47.4 Å². The molecule has 2 heterocycles. The molecule has 1 aliphatic rings. The van der Waals surface area contributed by atoms with Crippen LogP contribution in [0.1, 0.15) is 43.9 Å². The molecule has 0 aliphatic carbocycles. The molecule has 0 spiro atoms. The van der Waals surface area contributed by atoms with E-state index < -0.39 is 83.5 Å². The summed E-state index contributed by atoms with van der Waals surface area (Å²) in [5.74, 6) is -3.74. The monoisotopic (exact) mass is 657 g/mol. The van der Waals surface area contributed by atoms with Gasteiger partial charge in [-0.2, -0.15) is 0 Å². The lowest BCUT2D eigenvalue weighted by Gasteiger charge is -2.38. The van der Waals surface area contributed by atoms with Crippen LogP contribution in [0, 0.1) is 5.82 Å². The third kappa shape index (κ3) is 9.00. The lowest BCUT2D eigenvalue weighted by atomic mass is 9.97. The van der Waals surface area contributed by atoms with Gasteiger partial charge in [-0.15, -0.1) is 0 Å². The average Bonchev–Trinajstić information content (AvgIpc) is 2.95. The second kappa shape index (κ2) is 14.7. The standard InChI is InChI=1S/C28H36FN3O12S/c1-13(2)20-18(21(14-5-7-15(29)8-6-14)31-28(30-20)32(3)45(4,41)42)10-9-16(33)11-17(34)12-19(35)43-27-24(38)22(36)23(37)25(44-27)26(39)40/h5-10,13,16-17,22-25,27,33-34,36-38H,11-12H2,1-4H3,(H,39,40)/b10-9+/t16-,17-,22?,23-,24+,25-,27?/m0/s1. The number of anilines is 1. The molecule has 1 aromatic carbocycles. The number of nitrogens with zero attached hydrogens (tertiary/aromatic N) is 3. The average molecular weight is 658 g/mol. The van der Waals surface area contributed by atoms with Gasteiger partial charge >= 0.3 is 11.9 Å². The van der Waals surface area contributed by atoms with E-state index in [1.807, 2.05) is 0 Å². The van der Waals surface area contributed by atoms with Gasteiger partial charge in [0.05, 0.1) is 36.3 Å². The van der Waals surface area contributed by atoms with Crippen molar-refractivity contribution in [1.29, 1.82) is 0 Å². The molecule has 0 saturated carbocycles. The number of aliphatic hydroxyl groups is 5. The number of halogens is 1. The van der Waals surface area contributed by atoms with Crippen LogP contribution in [0.2, 0.25) is 0 Å². The minimum atomic E-state index is -3.74. The molecular weight excluding hydrogens is 621 g/mol. The van der Waals surface area contributed by atoms with Gasteiger partial charge in [0, 0.05) is 24.6 Å². The van der Waals surface area contributed by atoms with Gasteiger partial charge in [0.2, 0.25) is 22.3 Å². The SMILES string of the molecule is CC(C)c1nc(N(C)S(C)(=O)=O)nc(-c2ccc(F)cc2)c1/C=C/[C@H](O)C[C@H](O)CC(=O)OC1O[C@H](C(=O)O)[C@@H](O)C(O)[C@H]1O. The molecule has 2 aromatic rings. The van der Waals surface area contributed by atoms with Gasteiger partial charge in [0.15, 0.2) is 6.10 Å². The predicted molar refractivity (Wildman–Crippen MR) is 155 cm³/mol. The van der Waals surface area contributed by atoms with Crippen molar-refractivity contribution < 1.29 is 62.5 Å². The summed E-state index contributed by atoms with van der Waals surface area (Å²) in [7, 11) is -2.45. The third-order valence-corrected chi connectivity index (χ3v) is 8.03. The van der Waals surface area contributed by atoms with Crippen LogP contribution in [0.4, 0.5) is 10.3 Å². The number of ether oxygens (including phenoxy) is 2. The zero-order valence-corrected chi connectivity index (χ0v) is 25.6. The van der Waals surface area contributed by atoms with Crippen LogP contribution in [0.15, 0.2) is 30.3 Å². The van der Waals surface area contributed by atoms with Gasteiger partial charge in [0.25, 0.3) is 0 Å². The Balaban J connectivity index is 1.80. The lowest BCUT2D eigenvalue weighted by molar-refractivity contribution is -0.286. The highest BCUT2D eigenvalue weighted by atomic mass is 32.2. The number of carbonyl (C=O) groups is 2. The first kappa shape index (κ1) is 35.9. The van der Waals surface area contributed by atoms with Crippen molar-refractivity contribution in [3.8, 4) is 11.3 Å². The Morgan fingerprint density at radius 1 is 1.09 bits per heavy atom. The number of hydrogen-bond donors (Lipinski definition) is 6. The van der Waals surface area contributed by atoms with E-state index in [9.17, 15) is 47.9 Å². The molecule has 1 aromatic heterocycles. The van der Waals surface area contributed by atoms with Crippen molar-refractivity contribution in [2.45, 2.75) is 75.5 Å². The van der Waals surface area contributed by atoms with Crippen LogP contribution in [0.3, 0.4) is 0 Å². The van der Waals surface area contributed by atoms with Crippen molar-refractivity contribution in [2.75, 3.05) is 17.6 Å². The Morgan fingerprint density at radius 2 is 1.71 bits per heavy atom. The number of aliphatic carboxylic acids is 1. The van der Waals surface area contributed by atoms with E-state index in [0.29, 0.717) is 16.8 Å². The first-order valence-electron chi connectivity index (χ1n) is 13.7. The molecule has 15 nitrogen and oxygen atoms in total. The fourth-order valence-electron chi connectivity index (χ4n) is 4.36. The maximum Gasteiger partial charge on any atom is 0.335 e. The van der Waals surface area contributed by atoms with Gasteiger partial charge in [-0.05, 0) is 30.2 Å². The van der Waals surface area contributed by atoms with Crippen LogP contribution in [0.5, 0.6) is 0 Å². The zero-order valence-electron chi connectivity index (χ0n) is 24.8. The maximum absolute atomic E-state index is 13.7. The van der Waals surface area contributed by atoms with E-state index in [1.165, 1.54) is 43.5 Å². The van der Waals surface area contributed by atoms with E-state index >= 15 is 0 Å². The van der Waals surface area contributed by atoms with E-state index in [0.717, 1.165) is 10.6 Å². The number of hydrogen-bond acceptors (Lipinski definition) is 13. The summed E-state index contributed by atoms with van der Waals surface area (Å²) in [4.78, 5) is 32.4. The first-order valence-corrected chi connectivity index (χ1v) is 15.5. The van der Waals surface area contributed by atoms with Gasteiger partial charge in [-0.1, -0.05) is 26.0 Å². The molecule has 1 fully saturated rings. The van der Waals surface area contributed by atoms with Crippen LogP contribution in [-0.4, -0.2) is 117 Å². The highest BCUT2D eigenvalue weighted by Gasteiger charge is 2.48. The summed E-state index contributed by atoms with van der Waals surface area (Å²) in [5.41, 5.74) is 1.45. The van der Waals surface area contributed by atoms with E-state index in [1.54, 1.807) is 13.8 Å².